The third-order valence-electron chi connectivity index (χ3n) is 13.7. The van der Waals surface area contributed by atoms with Gasteiger partial charge in [-0.3, -0.25) is 4.57 Å². The van der Waals surface area contributed by atoms with E-state index in [1.54, 1.807) is 0 Å². The minimum Gasteiger partial charge on any atom is -0.457 e. The summed E-state index contributed by atoms with van der Waals surface area (Å²) in [5, 5.41) is 2.36. The van der Waals surface area contributed by atoms with Gasteiger partial charge < -0.3 is 14.5 Å². The number of aromatic nitrogens is 2. The maximum Gasteiger partial charge on any atom is 0.137 e. The van der Waals surface area contributed by atoms with E-state index in [9.17, 15) is 0 Å². The molecule has 5 nitrogen and oxygen atoms in total. The molecule has 0 bridgehead atoms. The molecule has 2 aromatic heterocycles. The molecule has 67 heavy (non-hydrogen) atoms. The predicted molar refractivity (Wildman–Crippen MR) is 286 cm³/mol. The molecule has 0 fully saturated rings. The number of pyridine rings is 1. The molecule has 0 spiro atoms. The van der Waals surface area contributed by atoms with Crippen LogP contribution in [0.25, 0.3) is 38.8 Å². The lowest BCUT2D eigenvalue weighted by molar-refractivity contribution is 0.479. The highest BCUT2D eigenvalue weighted by atomic mass is 16.5. The van der Waals surface area contributed by atoms with E-state index in [0.29, 0.717) is 6.67 Å². The largest absolute Gasteiger partial charge is 0.457 e. The minimum absolute atomic E-state index is 0.0139. The van der Waals surface area contributed by atoms with Gasteiger partial charge in [0.25, 0.3) is 0 Å². The highest BCUT2D eigenvalue weighted by molar-refractivity contribution is 6.09. The molecule has 6 aromatic carbocycles. The fourth-order valence-corrected chi connectivity index (χ4v) is 9.33. The van der Waals surface area contributed by atoms with E-state index in [0.717, 1.165) is 34.0 Å². The maximum atomic E-state index is 7.04. The van der Waals surface area contributed by atoms with Crippen molar-refractivity contribution in [1.29, 1.82) is 0 Å². The first kappa shape index (κ1) is 45.8. The molecule has 9 rings (SSSR count). The van der Waals surface area contributed by atoms with E-state index in [2.05, 4.69) is 252 Å². The SMILES string of the molecule is CC(C)(C)c1ccc(-c2cc(N3CN(c4cc(Oc5ccc6c7ccccc7n(-c7cc(C(C)(C)C)ccn7)c6c5)cc(C(C)(C)C)c4)c4cc(C(C)(C)C)ccc43)cc(C(C)(C)C)c2)cc1. The van der Waals surface area contributed by atoms with E-state index in [1.165, 1.54) is 66.8 Å². The van der Waals surface area contributed by atoms with Gasteiger partial charge in [0.2, 0.25) is 0 Å². The van der Waals surface area contributed by atoms with Crippen LogP contribution in [-0.4, -0.2) is 16.2 Å². The normalized spacial score (nSPS) is 13.8. The van der Waals surface area contributed by atoms with E-state index >= 15 is 0 Å². The molecule has 0 radical (unpaired) electrons. The number of anilines is 4. The van der Waals surface area contributed by atoms with Gasteiger partial charge in [-0.15, -0.1) is 0 Å². The number of fused-ring (bicyclic) bond motifs is 4. The Morgan fingerprint density at radius 2 is 0.970 bits per heavy atom. The first-order chi connectivity index (χ1) is 31.3. The van der Waals surface area contributed by atoms with Crippen molar-refractivity contribution in [3.8, 4) is 28.4 Å². The van der Waals surface area contributed by atoms with Crippen molar-refractivity contribution in [2.75, 3.05) is 16.5 Å². The molecular weight excluding hydrogens is 817 g/mol. The average Bonchev–Trinajstić information content (AvgIpc) is 3.80. The number of para-hydroxylation sites is 1. The number of nitrogens with zero attached hydrogens (tertiary/aromatic N) is 4. The third kappa shape index (κ3) is 8.98. The summed E-state index contributed by atoms with van der Waals surface area (Å²) in [6.45, 7) is 34.9. The van der Waals surface area contributed by atoms with Crippen molar-refractivity contribution >= 4 is 44.6 Å². The topological polar surface area (TPSA) is 33.5 Å². The quantitative estimate of drug-likeness (QED) is 0.167. The van der Waals surface area contributed by atoms with Crippen LogP contribution in [0.2, 0.25) is 0 Å². The van der Waals surface area contributed by atoms with E-state index in [4.69, 9.17) is 9.72 Å². The second kappa shape index (κ2) is 16.2. The highest BCUT2D eigenvalue weighted by Crippen LogP contribution is 2.49. The van der Waals surface area contributed by atoms with Gasteiger partial charge in [0, 0.05) is 40.5 Å². The van der Waals surface area contributed by atoms with Crippen molar-refractivity contribution in [2.45, 2.75) is 131 Å². The van der Waals surface area contributed by atoms with Crippen LogP contribution >= 0.6 is 0 Å². The minimum atomic E-state index is -0.137. The van der Waals surface area contributed by atoms with Crippen LogP contribution in [0.4, 0.5) is 22.7 Å². The number of hydrogen-bond donors (Lipinski definition) is 0. The van der Waals surface area contributed by atoms with Crippen molar-refractivity contribution in [3.05, 3.63) is 167 Å². The van der Waals surface area contributed by atoms with Gasteiger partial charge >= 0.3 is 0 Å². The first-order valence-electron chi connectivity index (χ1n) is 24.1. The van der Waals surface area contributed by atoms with Gasteiger partial charge in [0.1, 0.15) is 24.0 Å². The number of hydrogen-bond acceptors (Lipinski definition) is 4. The lowest BCUT2D eigenvalue weighted by Crippen LogP contribution is -2.25. The molecule has 0 unspecified atom stereocenters. The van der Waals surface area contributed by atoms with Crippen molar-refractivity contribution in [2.24, 2.45) is 0 Å². The zero-order chi connectivity index (χ0) is 48.0. The Hall–Kier alpha value is -6.33. The molecule has 1 aliphatic heterocycles. The molecule has 0 atom stereocenters. The lowest BCUT2D eigenvalue weighted by atomic mass is 9.83. The summed E-state index contributed by atoms with van der Waals surface area (Å²) in [6, 6.07) is 49.7. The second-order valence-corrected chi connectivity index (χ2v) is 24.0. The number of benzene rings is 6. The Labute approximate surface area is 400 Å². The van der Waals surface area contributed by atoms with Crippen molar-refractivity contribution in [3.63, 3.8) is 0 Å². The summed E-state index contributed by atoms with van der Waals surface area (Å²) < 4.78 is 9.32. The Morgan fingerprint density at radius 3 is 1.63 bits per heavy atom. The average molecular weight is 887 g/mol. The summed E-state index contributed by atoms with van der Waals surface area (Å²) in [7, 11) is 0. The molecule has 5 heteroatoms. The summed E-state index contributed by atoms with van der Waals surface area (Å²) in [6.07, 6.45) is 1.93. The van der Waals surface area contributed by atoms with Gasteiger partial charge in [0.15, 0.2) is 0 Å². The third-order valence-corrected chi connectivity index (χ3v) is 13.7. The molecule has 0 amide bonds. The number of rotatable bonds is 6. The fourth-order valence-electron chi connectivity index (χ4n) is 9.33. The number of ether oxygens (including phenoxy) is 1. The zero-order valence-electron chi connectivity index (χ0n) is 42.7. The van der Waals surface area contributed by atoms with Crippen molar-refractivity contribution in [1.82, 2.24) is 9.55 Å². The smallest absolute Gasteiger partial charge is 0.137 e. The van der Waals surface area contributed by atoms with Gasteiger partial charge in [-0.25, -0.2) is 4.98 Å². The van der Waals surface area contributed by atoms with Crippen LogP contribution in [0.1, 0.15) is 132 Å². The molecule has 1 aliphatic rings. The molecular formula is C62H70N4O. The summed E-state index contributed by atoms with van der Waals surface area (Å²) in [5.74, 6) is 2.49. The summed E-state index contributed by atoms with van der Waals surface area (Å²) in [5.41, 5.74) is 15.6. The van der Waals surface area contributed by atoms with Crippen LogP contribution in [0.3, 0.4) is 0 Å². The van der Waals surface area contributed by atoms with Gasteiger partial charge in [-0.1, -0.05) is 158 Å². The van der Waals surface area contributed by atoms with E-state index in [-0.39, 0.29) is 27.1 Å². The Bertz CT molecular complexity index is 3150. The molecule has 0 aliphatic carbocycles. The van der Waals surface area contributed by atoms with Crippen LogP contribution in [0.5, 0.6) is 11.5 Å². The Morgan fingerprint density at radius 1 is 0.403 bits per heavy atom. The predicted octanol–water partition coefficient (Wildman–Crippen LogP) is 17.4. The van der Waals surface area contributed by atoms with Crippen LogP contribution in [0, 0.1) is 0 Å². The molecule has 0 saturated heterocycles. The van der Waals surface area contributed by atoms with Crippen LogP contribution in [-0.2, 0) is 27.1 Å². The van der Waals surface area contributed by atoms with Crippen molar-refractivity contribution < 1.29 is 4.74 Å². The molecule has 3 heterocycles. The molecule has 0 N–H and O–H groups in total. The summed E-state index contributed by atoms with van der Waals surface area (Å²) in [4.78, 5) is 9.92. The summed E-state index contributed by atoms with van der Waals surface area (Å²) >= 11 is 0. The Kier molecular flexibility index (Phi) is 11.1. The van der Waals surface area contributed by atoms with Gasteiger partial charge in [-0.05, 0) is 133 Å². The molecule has 8 aromatic rings. The lowest BCUT2D eigenvalue weighted by Gasteiger charge is -2.28. The maximum absolute atomic E-state index is 7.04. The van der Waals surface area contributed by atoms with Gasteiger partial charge in [-0.2, -0.15) is 0 Å². The monoisotopic (exact) mass is 887 g/mol. The Balaban J connectivity index is 1.16. The fraction of sp³-hybridized carbons (Fsp3) is 0.339. The molecule has 0 saturated carbocycles. The van der Waals surface area contributed by atoms with Gasteiger partial charge in [0.05, 0.1) is 22.4 Å². The van der Waals surface area contributed by atoms with E-state index in [1.807, 2.05) is 6.20 Å². The van der Waals surface area contributed by atoms with Crippen LogP contribution < -0.4 is 14.5 Å². The highest BCUT2D eigenvalue weighted by Gasteiger charge is 2.32. The second-order valence-electron chi connectivity index (χ2n) is 24.0. The molecule has 344 valence electrons. The van der Waals surface area contributed by atoms with E-state index < -0.39 is 0 Å². The standard InChI is InChI=1S/C62H70N4O/c1-58(2,3)42-22-20-40(21-23-42)41-30-45(61(10,11)12)32-47(31-41)64-39-65(56-35-43(59(4,5)6)24-27-54(56)64)48-33-46(62(13,14)15)34-50(37-48)67-49-25-26-52-51-18-16-17-19-53(51)66(55(52)38-49)57-36-44(28-29-63-57)60(7,8)9/h16-38H,39H2,1-15H3. The van der Waals surface area contributed by atoms with Crippen LogP contribution in [0.15, 0.2) is 140 Å². The first-order valence-corrected chi connectivity index (χ1v) is 24.1. The zero-order valence-corrected chi connectivity index (χ0v) is 42.7.